The van der Waals surface area contributed by atoms with Crippen LogP contribution in [0.3, 0.4) is 0 Å². The molecule has 1 N–H and O–H groups in total. The highest BCUT2D eigenvalue weighted by Crippen LogP contribution is 2.43. The van der Waals surface area contributed by atoms with Crippen molar-refractivity contribution in [3.05, 3.63) is 0 Å². The molecule has 2 nitrogen and oxygen atoms in total. The summed E-state index contributed by atoms with van der Waals surface area (Å²) in [5.41, 5.74) is 0.0377. The van der Waals surface area contributed by atoms with Crippen LogP contribution in [0.4, 0.5) is 0 Å². The molecule has 1 fully saturated rings. The second-order valence-corrected chi connectivity index (χ2v) is 4.34. The Bertz CT molecular complexity index is 158. The molecule has 0 bridgehead atoms. The van der Waals surface area contributed by atoms with Crippen LogP contribution in [-0.4, -0.2) is 24.4 Å². The summed E-state index contributed by atoms with van der Waals surface area (Å²) in [5.74, 6) is 0.569. The van der Waals surface area contributed by atoms with E-state index < -0.39 is 0 Å². The van der Waals surface area contributed by atoms with Crippen LogP contribution in [0, 0.1) is 11.3 Å². The molecule has 3 atom stereocenters. The third-order valence-corrected chi connectivity index (χ3v) is 3.74. The van der Waals surface area contributed by atoms with Gasteiger partial charge in [-0.25, -0.2) is 0 Å². The summed E-state index contributed by atoms with van der Waals surface area (Å²) in [5, 5.41) is 9.50. The summed E-state index contributed by atoms with van der Waals surface area (Å²) in [7, 11) is 0. The topological polar surface area (TPSA) is 29.5 Å². The summed E-state index contributed by atoms with van der Waals surface area (Å²) in [6.07, 6.45) is 3.62. The number of rotatable bonds is 4. The van der Waals surface area contributed by atoms with E-state index in [4.69, 9.17) is 4.74 Å². The van der Waals surface area contributed by atoms with Crippen molar-refractivity contribution in [1.29, 1.82) is 0 Å². The summed E-state index contributed by atoms with van der Waals surface area (Å²) in [4.78, 5) is 0. The molecule has 1 rings (SSSR count). The minimum Gasteiger partial charge on any atom is -0.396 e. The van der Waals surface area contributed by atoms with Gasteiger partial charge in [-0.2, -0.15) is 0 Å². The van der Waals surface area contributed by atoms with E-state index >= 15 is 0 Å². The Morgan fingerprint density at radius 2 is 2.31 bits per heavy atom. The van der Waals surface area contributed by atoms with Crippen molar-refractivity contribution < 1.29 is 9.84 Å². The minimum absolute atomic E-state index is 0.0377. The summed E-state index contributed by atoms with van der Waals surface area (Å²) in [6.45, 7) is 7.62. The maximum atomic E-state index is 9.50. The molecule has 1 aliphatic rings. The minimum atomic E-state index is 0.0377. The van der Waals surface area contributed by atoms with E-state index in [1.807, 2.05) is 0 Å². The molecule has 0 amide bonds. The highest BCUT2D eigenvalue weighted by molar-refractivity contribution is 4.92. The number of ether oxygens (including phenoxy) is 1. The smallest absolute Gasteiger partial charge is 0.0628 e. The maximum absolute atomic E-state index is 9.50. The molecule has 0 aliphatic carbocycles. The lowest BCUT2D eigenvalue weighted by atomic mass is 9.70. The molecule has 3 unspecified atom stereocenters. The van der Waals surface area contributed by atoms with Crippen molar-refractivity contribution >= 4 is 0 Å². The first-order chi connectivity index (χ1) is 6.17. The van der Waals surface area contributed by atoms with E-state index in [0.717, 1.165) is 13.0 Å². The fourth-order valence-electron chi connectivity index (χ4n) is 2.53. The second kappa shape index (κ2) is 4.43. The predicted octanol–water partition coefficient (Wildman–Crippen LogP) is 2.21. The highest BCUT2D eigenvalue weighted by Gasteiger charge is 2.44. The molecule has 0 radical (unpaired) electrons. The summed E-state index contributed by atoms with van der Waals surface area (Å²) < 4.78 is 5.57. The molecular formula is C11H22O2. The Morgan fingerprint density at radius 3 is 2.69 bits per heavy atom. The highest BCUT2D eigenvalue weighted by atomic mass is 16.5. The van der Waals surface area contributed by atoms with Gasteiger partial charge in [0.05, 0.1) is 12.7 Å². The van der Waals surface area contributed by atoms with Crippen LogP contribution in [0.25, 0.3) is 0 Å². The van der Waals surface area contributed by atoms with E-state index in [1.54, 1.807) is 0 Å². The lowest BCUT2D eigenvalue weighted by molar-refractivity contribution is -0.00958. The van der Waals surface area contributed by atoms with Gasteiger partial charge in [0.15, 0.2) is 0 Å². The first-order valence-electron chi connectivity index (χ1n) is 5.40. The molecule has 1 saturated heterocycles. The second-order valence-electron chi connectivity index (χ2n) is 4.34. The molecule has 78 valence electrons. The van der Waals surface area contributed by atoms with Gasteiger partial charge in [0.2, 0.25) is 0 Å². The number of hydrogen-bond acceptors (Lipinski definition) is 2. The van der Waals surface area contributed by atoms with Gasteiger partial charge < -0.3 is 9.84 Å². The van der Waals surface area contributed by atoms with Crippen molar-refractivity contribution in [2.24, 2.45) is 11.3 Å². The van der Waals surface area contributed by atoms with Crippen molar-refractivity contribution in [1.82, 2.24) is 0 Å². The SMILES string of the molecule is CCCC(C)C1(CO)CCOC1C. The zero-order valence-corrected chi connectivity index (χ0v) is 9.05. The molecule has 2 heteroatoms. The Balaban J connectivity index is 2.67. The third-order valence-electron chi connectivity index (χ3n) is 3.74. The first kappa shape index (κ1) is 11.0. The van der Waals surface area contributed by atoms with Crippen LogP contribution < -0.4 is 0 Å². The molecule has 0 spiro atoms. The van der Waals surface area contributed by atoms with Gasteiger partial charge in [0.25, 0.3) is 0 Å². The lowest BCUT2D eigenvalue weighted by Gasteiger charge is -2.36. The summed E-state index contributed by atoms with van der Waals surface area (Å²) in [6, 6.07) is 0. The van der Waals surface area contributed by atoms with Gasteiger partial charge in [-0.05, 0) is 19.3 Å². The fourth-order valence-corrected chi connectivity index (χ4v) is 2.53. The van der Waals surface area contributed by atoms with Crippen LogP contribution in [-0.2, 0) is 4.74 Å². The normalized spacial score (nSPS) is 36.5. The van der Waals surface area contributed by atoms with Crippen molar-refractivity contribution in [3.63, 3.8) is 0 Å². The zero-order valence-electron chi connectivity index (χ0n) is 9.05. The Morgan fingerprint density at radius 1 is 1.62 bits per heavy atom. The van der Waals surface area contributed by atoms with E-state index in [2.05, 4.69) is 20.8 Å². The molecule has 0 aromatic heterocycles. The molecule has 1 aliphatic heterocycles. The van der Waals surface area contributed by atoms with Gasteiger partial charge in [-0.3, -0.25) is 0 Å². The fraction of sp³-hybridized carbons (Fsp3) is 1.00. The zero-order chi connectivity index (χ0) is 9.90. The van der Waals surface area contributed by atoms with Crippen LogP contribution in [0.2, 0.25) is 0 Å². The van der Waals surface area contributed by atoms with Gasteiger partial charge in [0.1, 0.15) is 0 Å². The number of aliphatic hydroxyl groups excluding tert-OH is 1. The van der Waals surface area contributed by atoms with Crippen LogP contribution in [0.1, 0.15) is 40.0 Å². The Kier molecular flexibility index (Phi) is 3.74. The summed E-state index contributed by atoms with van der Waals surface area (Å²) >= 11 is 0. The largest absolute Gasteiger partial charge is 0.396 e. The molecule has 0 aromatic rings. The first-order valence-corrected chi connectivity index (χ1v) is 5.40. The van der Waals surface area contributed by atoms with Crippen molar-refractivity contribution in [2.45, 2.75) is 46.1 Å². The predicted molar refractivity (Wildman–Crippen MR) is 53.6 cm³/mol. The Hall–Kier alpha value is -0.0800. The number of hydrogen-bond donors (Lipinski definition) is 1. The maximum Gasteiger partial charge on any atom is 0.0628 e. The van der Waals surface area contributed by atoms with Crippen molar-refractivity contribution in [3.8, 4) is 0 Å². The molecule has 1 heterocycles. The molecule has 13 heavy (non-hydrogen) atoms. The van der Waals surface area contributed by atoms with Crippen molar-refractivity contribution in [2.75, 3.05) is 13.2 Å². The Labute approximate surface area is 81.3 Å². The van der Waals surface area contributed by atoms with E-state index in [1.165, 1.54) is 12.8 Å². The van der Waals surface area contributed by atoms with E-state index in [9.17, 15) is 5.11 Å². The lowest BCUT2D eigenvalue weighted by Crippen LogP contribution is -2.39. The van der Waals surface area contributed by atoms with Gasteiger partial charge in [-0.15, -0.1) is 0 Å². The van der Waals surface area contributed by atoms with E-state index in [0.29, 0.717) is 5.92 Å². The molecule has 0 aromatic carbocycles. The average Bonchev–Trinajstić information content (AvgIpc) is 2.48. The van der Waals surface area contributed by atoms with Crippen LogP contribution in [0.15, 0.2) is 0 Å². The third kappa shape index (κ3) is 1.89. The number of aliphatic hydroxyl groups is 1. The molecular weight excluding hydrogens is 164 g/mol. The standard InChI is InChI=1S/C11H22O2/c1-4-5-9(2)11(8-12)6-7-13-10(11)3/h9-10,12H,4-8H2,1-3H3. The van der Waals surface area contributed by atoms with Crippen LogP contribution in [0.5, 0.6) is 0 Å². The van der Waals surface area contributed by atoms with Crippen LogP contribution >= 0.6 is 0 Å². The molecule has 0 saturated carbocycles. The van der Waals surface area contributed by atoms with Gasteiger partial charge >= 0.3 is 0 Å². The van der Waals surface area contributed by atoms with Gasteiger partial charge in [-0.1, -0.05) is 26.7 Å². The average molecular weight is 186 g/mol. The quantitative estimate of drug-likeness (QED) is 0.729. The van der Waals surface area contributed by atoms with Gasteiger partial charge in [0, 0.05) is 12.0 Å². The monoisotopic (exact) mass is 186 g/mol. The van der Waals surface area contributed by atoms with E-state index in [-0.39, 0.29) is 18.1 Å².